The third-order valence-electron chi connectivity index (χ3n) is 5.47. The topological polar surface area (TPSA) is 109 Å². The largest absolute Gasteiger partial charge is 0.505 e. The number of ether oxygens (including phenoxy) is 2. The van der Waals surface area contributed by atoms with Gasteiger partial charge >= 0.3 is 0 Å². The van der Waals surface area contributed by atoms with Crippen molar-refractivity contribution in [1.29, 1.82) is 0 Å². The van der Waals surface area contributed by atoms with Crippen LogP contribution in [0.4, 0.5) is 17.1 Å². The summed E-state index contributed by atoms with van der Waals surface area (Å²) in [5.41, 5.74) is 8.07. The first-order valence-corrected chi connectivity index (χ1v) is 11.6. The Kier molecular flexibility index (Phi) is 7.55. The van der Waals surface area contributed by atoms with Gasteiger partial charge in [0.2, 0.25) is 0 Å². The van der Waals surface area contributed by atoms with Crippen molar-refractivity contribution in [3.05, 3.63) is 83.9 Å². The zero-order chi connectivity index (χ0) is 25.5. The number of aromatic hydroxyl groups is 1. The van der Waals surface area contributed by atoms with E-state index in [0.29, 0.717) is 53.6 Å². The second-order valence-corrected chi connectivity index (χ2v) is 7.81. The molecule has 0 aliphatic rings. The number of phenols is 1. The molecule has 0 radical (unpaired) electrons. The Labute approximate surface area is 208 Å². The molecule has 0 spiro atoms. The van der Waals surface area contributed by atoms with Crippen LogP contribution in [0.2, 0.25) is 0 Å². The molecular weight excluding hydrogens is 458 g/mol. The number of anilines is 3. The minimum atomic E-state index is -0.278. The predicted octanol–water partition coefficient (Wildman–Crippen LogP) is 5.85. The third-order valence-corrected chi connectivity index (χ3v) is 5.47. The number of benzene rings is 4. The monoisotopic (exact) mass is 485 g/mol. The summed E-state index contributed by atoms with van der Waals surface area (Å²) in [5, 5.41) is 15.1. The number of hydrazine groups is 1. The van der Waals surface area contributed by atoms with Gasteiger partial charge < -0.3 is 19.9 Å². The van der Waals surface area contributed by atoms with Gasteiger partial charge in [0, 0.05) is 23.1 Å². The van der Waals surface area contributed by atoms with Crippen LogP contribution >= 0.6 is 0 Å². The van der Waals surface area contributed by atoms with E-state index in [1.807, 2.05) is 44.2 Å². The molecule has 0 heterocycles. The van der Waals surface area contributed by atoms with Crippen molar-refractivity contribution >= 4 is 40.0 Å². The Bertz CT molecular complexity index is 1390. The maximum Gasteiger partial charge on any atom is 0.255 e. The van der Waals surface area contributed by atoms with Crippen LogP contribution in [0, 0.1) is 0 Å². The number of hydrogen-bond acceptors (Lipinski definition) is 7. The fourth-order valence-corrected chi connectivity index (χ4v) is 3.79. The van der Waals surface area contributed by atoms with Crippen LogP contribution in [-0.2, 0) is 0 Å². The molecule has 36 heavy (non-hydrogen) atoms. The summed E-state index contributed by atoms with van der Waals surface area (Å²) >= 11 is 0. The molecule has 8 heteroatoms. The Hall–Kier alpha value is -4.72. The molecule has 0 aliphatic heterocycles. The van der Waals surface area contributed by atoms with Crippen molar-refractivity contribution in [2.75, 3.05) is 29.4 Å². The Morgan fingerprint density at radius 2 is 1.50 bits per heavy atom. The van der Waals surface area contributed by atoms with Gasteiger partial charge in [0.15, 0.2) is 12.0 Å². The second kappa shape index (κ2) is 11.1. The summed E-state index contributed by atoms with van der Waals surface area (Å²) in [5.74, 6) is 0.434. The van der Waals surface area contributed by atoms with E-state index in [-0.39, 0.29) is 17.2 Å². The van der Waals surface area contributed by atoms with E-state index in [1.54, 1.807) is 42.5 Å². The summed E-state index contributed by atoms with van der Waals surface area (Å²) < 4.78 is 11.6. The molecule has 0 aliphatic carbocycles. The summed E-state index contributed by atoms with van der Waals surface area (Å²) in [6.45, 7) is 4.45. The number of fused-ring (bicyclic) bond motifs is 1. The lowest BCUT2D eigenvalue weighted by atomic mass is 10.0. The molecule has 0 atom stereocenters. The van der Waals surface area contributed by atoms with Gasteiger partial charge in [-0.1, -0.05) is 42.5 Å². The van der Waals surface area contributed by atoms with Gasteiger partial charge in [-0.05, 0) is 37.4 Å². The minimum absolute atomic E-state index is 0.164. The smallest absolute Gasteiger partial charge is 0.255 e. The van der Waals surface area contributed by atoms with E-state index in [4.69, 9.17) is 9.47 Å². The van der Waals surface area contributed by atoms with E-state index < -0.39 is 0 Å². The predicted molar refractivity (Wildman–Crippen MR) is 141 cm³/mol. The molecule has 1 amide bonds. The molecule has 0 fully saturated rings. The van der Waals surface area contributed by atoms with Crippen LogP contribution in [0.15, 0.2) is 72.8 Å². The summed E-state index contributed by atoms with van der Waals surface area (Å²) in [4.78, 5) is 24.3. The molecule has 4 aromatic carbocycles. The van der Waals surface area contributed by atoms with E-state index in [1.165, 1.54) is 0 Å². The van der Waals surface area contributed by atoms with E-state index in [2.05, 4.69) is 16.2 Å². The van der Waals surface area contributed by atoms with Gasteiger partial charge in [0.05, 0.1) is 30.2 Å². The normalized spacial score (nSPS) is 10.5. The average Bonchev–Trinajstić information content (AvgIpc) is 2.90. The number of amides is 1. The Balaban J connectivity index is 1.69. The quantitative estimate of drug-likeness (QED) is 0.127. The molecular formula is C28H27N3O5. The van der Waals surface area contributed by atoms with Gasteiger partial charge in [0.25, 0.3) is 5.91 Å². The first-order chi connectivity index (χ1) is 17.5. The van der Waals surface area contributed by atoms with Crippen LogP contribution in [0.25, 0.3) is 10.8 Å². The van der Waals surface area contributed by atoms with Gasteiger partial charge in [-0.25, -0.2) is 0 Å². The van der Waals surface area contributed by atoms with Crippen LogP contribution in [-0.4, -0.2) is 30.5 Å². The van der Waals surface area contributed by atoms with E-state index in [9.17, 15) is 14.7 Å². The highest BCUT2D eigenvalue weighted by Crippen LogP contribution is 2.39. The number of rotatable bonds is 10. The van der Waals surface area contributed by atoms with Crippen molar-refractivity contribution in [2.45, 2.75) is 13.8 Å². The maximum absolute atomic E-state index is 12.8. The van der Waals surface area contributed by atoms with Crippen LogP contribution in [0.3, 0.4) is 0 Å². The van der Waals surface area contributed by atoms with Crippen molar-refractivity contribution in [2.24, 2.45) is 0 Å². The lowest BCUT2D eigenvalue weighted by Crippen LogP contribution is -2.15. The molecule has 0 saturated carbocycles. The number of hydrogen-bond donors (Lipinski definition) is 4. The van der Waals surface area contributed by atoms with Crippen LogP contribution in [0.1, 0.15) is 34.6 Å². The molecule has 184 valence electrons. The SMILES string of the molecule is CCOc1cc(NC(=O)c2ccccc2)c(OCC)cc1NNc1c(O)c(C=O)cc2ccccc12. The van der Waals surface area contributed by atoms with Crippen molar-refractivity contribution in [3.8, 4) is 17.2 Å². The molecule has 4 rings (SSSR count). The number of carbonyl (C=O) groups excluding carboxylic acids is 2. The number of phenolic OH excluding ortho intramolecular Hbond substituents is 1. The fraction of sp³-hybridized carbons (Fsp3) is 0.143. The zero-order valence-corrected chi connectivity index (χ0v) is 20.0. The van der Waals surface area contributed by atoms with E-state index in [0.717, 1.165) is 10.8 Å². The zero-order valence-electron chi connectivity index (χ0n) is 20.0. The first-order valence-electron chi connectivity index (χ1n) is 11.6. The van der Waals surface area contributed by atoms with Crippen LogP contribution in [0.5, 0.6) is 17.2 Å². The number of carbonyl (C=O) groups is 2. The van der Waals surface area contributed by atoms with Gasteiger partial charge in [-0.15, -0.1) is 0 Å². The maximum atomic E-state index is 12.8. The molecule has 4 aromatic rings. The summed E-state index contributed by atoms with van der Waals surface area (Å²) in [7, 11) is 0. The first kappa shape index (κ1) is 24.4. The molecule has 0 bridgehead atoms. The average molecular weight is 486 g/mol. The van der Waals surface area contributed by atoms with Gasteiger partial charge in [-0.2, -0.15) is 0 Å². The van der Waals surface area contributed by atoms with Crippen molar-refractivity contribution < 1.29 is 24.2 Å². The van der Waals surface area contributed by atoms with Crippen molar-refractivity contribution in [1.82, 2.24) is 0 Å². The molecule has 0 aromatic heterocycles. The highest BCUT2D eigenvalue weighted by Gasteiger charge is 2.17. The van der Waals surface area contributed by atoms with E-state index >= 15 is 0 Å². The van der Waals surface area contributed by atoms with Gasteiger partial charge in [-0.3, -0.25) is 20.4 Å². The highest BCUT2D eigenvalue weighted by molar-refractivity contribution is 6.05. The summed E-state index contributed by atoms with van der Waals surface area (Å²) in [6, 6.07) is 21.3. The number of nitrogens with one attached hydrogen (secondary N) is 3. The lowest BCUT2D eigenvalue weighted by Gasteiger charge is -2.20. The highest BCUT2D eigenvalue weighted by atomic mass is 16.5. The Morgan fingerprint density at radius 3 is 2.19 bits per heavy atom. The minimum Gasteiger partial charge on any atom is -0.505 e. The molecule has 0 unspecified atom stereocenters. The Morgan fingerprint density at radius 1 is 0.861 bits per heavy atom. The fourth-order valence-electron chi connectivity index (χ4n) is 3.79. The van der Waals surface area contributed by atoms with Crippen LogP contribution < -0.4 is 25.6 Å². The molecule has 8 nitrogen and oxygen atoms in total. The number of aldehydes is 1. The molecule has 4 N–H and O–H groups in total. The summed E-state index contributed by atoms with van der Waals surface area (Å²) in [6.07, 6.45) is 0.607. The third kappa shape index (κ3) is 5.17. The standard InChI is InChI=1S/C28H27N3O5/c1-3-35-24-16-23(25(36-4-2)15-22(24)29-28(34)18-10-6-5-7-11-18)30-31-26-21-13-9-8-12-19(21)14-20(17-32)27(26)33/h5-17,30-31,33H,3-4H2,1-2H3,(H,29,34). The second-order valence-electron chi connectivity index (χ2n) is 7.81. The van der Waals surface area contributed by atoms with Crippen molar-refractivity contribution in [3.63, 3.8) is 0 Å². The lowest BCUT2D eigenvalue weighted by molar-refractivity contribution is 0.102. The molecule has 0 saturated heterocycles. The van der Waals surface area contributed by atoms with Gasteiger partial charge in [0.1, 0.15) is 17.2 Å².